The van der Waals surface area contributed by atoms with Gasteiger partial charge in [-0.15, -0.1) is 0 Å². The van der Waals surface area contributed by atoms with Crippen LogP contribution in [0.5, 0.6) is 0 Å². The largest absolute Gasteiger partial charge is 0.341 e. The molecule has 6 heteroatoms. The van der Waals surface area contributed by atoms with E-state index in [2.05, 4.69) is 5.32 Å². The van der Waals surface area contributed by atoms with Crippen molar-refractivity contribution in [2.24, 2.45) is 11.3 Å². The predicted octanol–water partition coefficient (Wildman–Crippen LogP) is 3.10. The molecule has 1 aromatic carbocycles. The van der Waals surface area contributed by atoms with Crippen molar-refractivity contribution in [3.8, 4) is 0 Å². The fourth-order valence-electron chi connectivity index (χ4n) is 4.06. The minimum Gasteiger partial charge on any atom is -0.341 e. The number of nitrogens with zero attached hydrogens (tertiary/aromatic N) is 2. The first-order valence-corrected chi connectivity index (χ1v) is 10.2. The molecule has 2 atom stereocenters. The second-order valence-electron chi connectivity index (χ2n) is 8.61. The van der Waals surface area contributed by atoms with E-state index in [4.69, 9.17) is 11.6 Å². The highest BCUT2D eigenvalue weighted by atomic mass is 35.5. The number of hydrogen-bond donors (Lipinski definition) is 1. The maximum atomic E-state index is 13.4. The van der Waals surface area contributed by atoms with Gasteiger partial charge in [0, 0.05) is 43.2 Å². The standard InChI is InChI=1S/C21H30ClN3O2/c1-21(2,3)20(27)24-11-6-7-15(14-24)19(26)25-12-10-23-13-18(25)16-8-4-5-9-17(16)22/h4-5,8-9,15,18,23H,6-7,10-14H2,1-3H3. The van der Waals surface area contributed by atoms with Gasteiger partial charge in [-0.05, 0) is 24.5 Å². The van der Waals surface area contributed by atoms with Gasteiger partial charge in [-0.1, -0.05) is 50.6 Å². The minimum atomic E-state index is -0.417. The van der Waals surface area contributed by atoms with Crippen LogP contribution < -0.4 is 5.32 Å². The third-order valence-electron chi connectivity index (χ3n) is 5.49. The Kier molecular flexibility index (Phi) is 6.11. The summed E-state index contributed by atoms with van der Waals surface area (Å²) in [6.07, 6.45) is 1.72. The van der Waals surface area contributed by atoms with E-state index >= 15 is 0 Å². The van der Waals surface area contributed by atoms with Gasteiger partial charge < -0.3 is 15.1 Å². The Morgan fingerprint density at radius 2 is 1.93 bits per heavy atom. The molecule has 0 spiro atoms. The number of benzene rings is 1. The monoisotopic (exact) mass is 391 g/mol. The van der Waals surface area contributed by atoms with Crippen LogP contribution in [0.3, 0.4) is 0 Å². The fourth-order valence-corrected chi connectivity index (χ4v) is 4.32. The summed E-state index contributed by atoms with van der Waals surface area (Å²) < 4.78 is 0. The average Bonchev–Trinajstić information content (AvgIpc) is 2.66. The van der Waals surface area contributed by atoms with Crippen molar-refractivity contribution in [2.45, 2.75) is 39.7 Å². The van der Waals surface area contributed by atoms with Crippen molar-refractivity contribution in [3.05, 3.63) is 34.9 Å². The highest BCUT2D eigenvalue weighted by molar-refractivity contribution is 6.31. The van der Waals surface area contributed by atoms with E-state index in [-0.39, 0.29) is 23.8 Å². The molecule has 2 heterocycles. The van der Waals surface area contributed by atoms with Crippen molar-refractivity contribution in [3.63, 3.8) is 0 Å². The Balaban J connectivity index is 1.77. The highest BCUT2D eigenvalue weighted by Gasteiger charge is 2.37. The van der Waals surface area contributed by atoms with Crippen molar-refractivity contribution < 1.29 is 9.59 Å². The summed E-state index contributed by atoms with van der Waals surface area (Å²) in [5.41, 5.74) is 0.568. The number of piperazine rings is 1. The SMILES string of the molecule is CC(C)(C)C(=O)N1CCCC(C(=O)N2CCNCC2c2ccccc2Cl)C1. The van der Waals surface area contributed by atoms with Crippen LogP contribution in [0.4, 0.5) is 0 Å². The van der Waals surface area contributed by atoms with E-state index in [1.807, 2.05) is 54.8 Å². The zero-order valence-electron chi connectivity index (χ0n) is 16.5. The molecule has 2 amide bonds. The van der Waals surface area contributed by atoms with E-state index in [0.29, 0.717) is 24.7 Å². The molecular weight excluding hydrogens is 362 g/mol. The van der Waals surface area contributed by atoms with Gasteiger partial charge in [-0.3, -0.25) is 9.59 Å². The Morgan fingerprint density at radius 1 is 1.19 bits per heavy atom. The maximum Gasteiger partial charge on any atom is 0.228 e. The Hall–Kier alpha value is -1.59. The van der Waals surface area contributed by atoms with Gasteiger partial charge in [0.15, 0.2) is 0 Å². The van der Waals surface area contributed by atoms with Crippen molar-refractivity contribution >= 4 is 23.4 Å². The van der Waals surface area contributed by atoms with Crippen LogP contribution >= 0.6 is 11.6 Å². The molecule has 2 fully saturated rings. The molecule has 0 aliphatic carbocycles. The zero-order valence-corrected chi connectivity index (χ0v) is 17.3. The van der Waals surface area contributed by atoms with Gasteiger partial charge in [0.2, 0.25) is 11.8 Å². The molecule has 2 unspecified atom stereocenters. The van der Waals surface area contributed by atoms with Crippen LogP contribution in [0.2, 0.25) is 5.02 Å². The van der Waals surface area contributed by atoms with Crippen molar-refractivity contribution in [2.75, 3.05) is 32.7 Å². The number of halogens is 1. The molecule has 2 saturated heterocycles. The summed E-state index contributed by atoms with van der Waals surface area (Å²) in [5.74, 6) is 0.143. The summed E-state index contributed by atoms with van der Waals surface area (Å²) in [6, 6.07) is 7.68. The highest BCUT2D eigenvalue weighted by Crippen LogP contribution is 2.31. The van der Waals surface area contributed by atoms with E-state index in [1.165, 1.54) is 0 Å². The number of hydrogen-bond acceptors (Lipinski definition) is 3. The zero-order chi connectivity index (χ0) is 19.6. The topological polar surface area (TPSA) is 52.7 Å². The van der Waals surface area contributed by atoms with Crippen LogP contribution in [0.1, 0.15) is 45.2 Å². The molecular formula is C21H30ClN3O2. The fraction of sp³-hybridized carbons (Fsp3) is 0.619. The third-order valence-corrected chi connectivity index (χ3v) is 5.83. The van der Waals surface area contributed by atoms with Crippen LogP contribution in [0, 0.1) is 11.3 Å². The number of carbonyl (C=O) groups excluding carboxylic acids is 2. The molecule has 1 aromatic rings. The Morgan fingerprint density at radius 3 is 2.63 bits per heavy atom. The van der Waals surface area contributed by atoms with E-state index < -0.39 is 5.41 Å². The molecule has 1 N–H and O–H groups in total. The molecule has 0 aromatic heterocycles. The predicted molar refractivity (Wildman–Crippen MR) is 108 cm³/mol. The van der Waals surface area contributed by atoms with Crippen LogP contribution in [-0.2, 0) is 9.59 Å². The number of nitrogens with one attached hydrogen (secondary N) is 1. The number of piperidine rings is 1. The molecule has 27 heavy (non-hydrogen) atoms. The van der Waals surface area contributed by atoms with Crippen LogP contribution in [-0.4, -0.2) is 54.3 Å². The van der Waals surface area contributed by atoms with Gasteiger partial charge in [0.25, 0.3) is 0 Å². The van der Waals surface area contributed by atoms with Crippen LogP contribution in [0.15, 0.2) is 24.3 Å². The first kappa shape index (κ1) is 20.2. The van der Waals surface area contributed by atoms with E-state index in [1.54, 1.807) is 0 Å². The smallest absolute Gasteiger partial charge is 0.228 e. The molecule has 148 valence electrons. The first-order chi connectivity index (χ1) is 12.8. The number of rotatable bonds is 2. The lowest BCUT2D eigenvalue weighted by atomic mass is 9.90. The van der Waals surface area contributed by atoms with Gasteiger partial charge in [-0.2, -0.15) is 0 Å². The summed E-state index contributed by atoms with van der Waals surface area (Å²) >= 11 is 6.41. The summed E-state index contributed by atoms with van der Waals surface area (Å²) in [4.78, 5) is 29.9. The number of amides is 2. The van der Waals surface area contributed by atoms with Gasteiger partial charge in [-0.25, -0.2) is 0 Å². The third kappa shape index (κ3) is 4.46. The minimum absolute atomic E-state index is 0.0614. The second kappa shape index (κ2) is 8.19. The lowest BCUT2D eigenvalue weighted by Crippen LogP contribution is -2.54. The first-order valence-electron chi connectivity index (χ1n) is 9.84. The van der Waals surface area contributed by atoms with E-state index in [0.717, 1.165) is 31.5 Å². The second-order valence-corrected chi connectivity index (χ2v) is 9.02. The summed E-state index contributed by atoms with van der Waals surface area (Å²) in [5, 5.41) is 4.07. The normalized spacial score (nSPS) is 24.0. The van der Waals surface area contributed by atoms with E-state index in [9.17, 15) is 9.59 Å². The lowest BCUT2D eigenvalue weighted by Gasteiger charge is -2.42. The van der Waals surface area contributed by atoms with Crippen molar-refractivity contribution in [1.29, 1.82) is 0 Å². The molecule has 2 aliphatic heterocycles. The average molecular weight is 392 g/mol. The summed E-state index contributed by atoms with van der Waals surface area (Å²) in [6.45, 7) is 9.22. The quantitative estimate of drug-likeness (QED) is 0.842. The lowest BCUT2D eigenvalue weighted by molar-refractivity contribution is -0.146. The maximum absolute atomic E-state index is 13.4. The number of carbonyl (C=O) groups is 2. The molecule has 3 rings (SSSR count). The Bertz CT molecular complexity index is 701. The molecule has 0 radical (unpaired) electrons. The Labute approximate surface area is 167 Å². The van der Waals surface area contributed by atoms with Crippen molar-refractivity contribution in [1.82, 2.24) is 15.1 Å². The van der Waals surface area contributed by atoms with Gasteiger partial charge >= 0.3 is 0 Å². The molecule has 2 aliphatic rings. The van der Waals surface area contributed by atoms with Gasteiger partial charge in [0.05, 0.1) is 12.0 Å². The molecule has 0 saturated carbocycles. The summed E-state index contributed by atoms with van der Waals surface area (Å²) in [7, 11) is 0. The van der Waals surface area contributed by atoms with Gasteiger partial charge in [0.1, 0.15) is 0 Å². The van der Waals surface area contributed by atoms with Crippen LogP contribution in [0.25, 0.3) is 0 Å². The number of likely N-dealkylation sites (tertiary alicyclic amines) is 1. The molecule has 5 nitrogen and oxygen atoms in total. The molecule has 0 bridgehead atoms.